The molecule has 144 valence electrons. The maximum absolute atomic E-state index is 14.5. The number of carbonyl (C=O) groups excluding carboxylic acids is 1. The molecule has 0 unspecified atom stereocenters. The van der Waals surface area contributed by atoms with E-state index in [4.69, 9.17) is 4.74 Å². The SMILES string of the molecule is COc1ccc(C)c(NCc2cc(O)c(N3CC(=O)NS3(=O)=O)c(F)c2)n1. The van der Waals surface area contributed by atoms with Crippen molar-refractivity contribution in [3.8, 4) is 11.6 Å². The molecular formula is C16H17FN4O5S. The van der Waals surface area contributed by atoms with Gasteiger partial charge < -0.3 is 15.2 Å². The van der Waals surface area contributed by atoms with E-state index < -0.39 is 39.9 Å². The fourth-order valence-electron chi connectivity index (χ4n) is 2.62. The minimum Gasteiger partial charge on any atom is -0.506 e. The number of phenolic OH excluding ortho intramolecular Hbond substituents is 1. The van der Waals surface area contributed by atoms with E-state index in [9.17, 15) is 22.7 Å². The van der Waals surface area contributed by atoms with Gasteiger partial charge in [-0.2, -0.15) is 13.4 Å². The molecule has 27 heavy (non-hydrogen) atoms. The van der Waals surface area contributed by atoms with Crippen molar-refractivity contribution in [1.29, 1.82) is 0 Å². The number of hydrogen-bond acceptors (Lipinski definition) is 7. The number of anilines is 2. The van der Waals surface area contributed by atoms with E-state index >= 15 is 0 Å². The van der Waals surface area contributed by atoms with Crippen molar-refractivity contribution in [2.24, 2.45) is 0 Å². The Morgan fingerprint density at radius 3 is 2.74 bits per heavy atom. The first-order valence-corrected chi connectivity index (χ1v) is 9.25. The third-order valence-electron chi connectivity index (χ3n) is 3.91. The molecule has 3 N–H and O–H groups in total. The van der Waals surface area contributed by atoms with Gasteiger partial charge in [0.05, 0.1) is 7.11 Å². The number of nitrogens with zero attached hydrogens (tertiary/aromatic N) is 2. The van der Waals surface area contributed by atoms with Gasteiger partial charge in [0.15, 0.2) is 5.82 Å². The number of rotatable bonds is 5. The van der Waals surface area contributed by atoms with E-state index in [-0.39, 0.29) is 6.54 Å². The van der Waals surface area contributed by atoms with Crippen LogP contribution in [0.15, 0.2) is 24.3 Å². The second kappa shape index (κ2) is 6.91. The number of phenols is 1. The lowest BCUT2D eigenvalue weighted by Crippen LogP contribution is -2.30. The molecular weight excluding hydrogens is 379 g/mol. The highest BCUT2D eigenvalue weighted by atomic mass is 32.2. The summed E-state index contributed by atoms with van der Waals surface area (Å²) in [5, 5.41) is 13.1. The van der Waals surface area contributed by atoms with E-state index in [1.165, 1.54) is 13.2 Å². The smallest absolute Gasteiger partial charge is 0.326 e. The molecule has 9 nitrogen and oxygen atoms in total. The zero-order valence-electron chi connectivity index (χ0n) is 14.5. The summed E-state index contributed by atoms with van der Waals surface area (Å²) in [6, 6.07) is 5.80. The molecule has 0 aliphatic carbocycles. The lowest BCUT2D eigenvalue weighted by Gasteiger charge is -2.18. The molecule has 1 fully saturated rings. The number of hydrogen-bond donors (Lipinski definition) is 3. The second-order valence-corrected chi connectivity index (χ2v) is 7.45. The number of ether oxygens (including phenoxy) is 1. The van der Waals surface area contributed by atoms with Crippen LogP contribution in [0.3, 0.4) is 0 Å². The van der Waals surface area contributed by atoms with Gasteiger partial charge in [0.1, 0.15) is 23.8 Å². The molecule has 11 heteroatoms. The average Bonchev–Trinajstić information content (AvgIpc) is 2.86. The minimum absolute atomic E-state index is 0.121. The Labute approximate surface area is 155 Å². The molecule has 1 aliphatic heterocycles. The van der Waals surface area contributed by atoms with E-state index in [0.29, 0.717) is 21.6 Å². The molecule has 3 rings (SSSR count). The number of aromatic nitrogens is 1. The molecule has 2 aromatic rings. The highest BCUT2D eigenvalue weighted by molar-refractivity contribution is 7.92. The monoisotopic (exact) mass is 396 g/mol. The van der Waals surface area contributed by atoms with E-state index in [2.05, 4.69) is 10.3 Å². The van der Waals surface area contributed by atoms with Crippen LogP contribution in [0, 0.1) is 12.7 Å². The predicted octanol–water partition coefficient (Wildman–Crippen LogP) is 1.04. The van der Waals surface area contributed by atoms with Crippen LogP contribution < -0.4 is 19.1 Å². The van der Waals surface area contributed by atoms with Gasteiger partial charge in [-0.3, -0.25) is 4.79 Å². The number of benzene rings is 1. The Bertz CT molecular complexity index is 989. The fourth-order valence-corrected chi connectivity index (χ4v) is 3.79. The third-order valence-corrected chi connectivity index (χ3v) is 5.29. The van der Waals surface area contributed by atoms with Gasteiger partial charge in [-0.25, -0.2) is 13.4 Å². The number of methoxy groups -OCH3 is 1. The van der Waals surface area contributed by atoms with Crippen LogP contribution in [-0.4, -0.2) is 38.1 Å². The maximum atomic E-state index is 14.5. The van der Waals surface area contributed by atoms with Crippen molar-refractivity contribution in [3.05, 3.63) is 41.2 Å². The standard InChI is InChI=1S/C16H17FN4O5S/c1-9-3-4-14(26-2)19-16(9)18-7-10-5-11(17)15(12(22)6-10)21-8-13(23)20-27(21,24)25/h3-6,22H,7-8H2,1-2H3,(H,18,19)(H,20,23). The summed E-state index contributed by atoms with van der Waals surface area (Å²) in [7, 11) is -2.74. The number of carbonyl (C=O) groups is 1. The molecule has 0 saturated carbocycles. The Kier molecular flexibility index (Phi) is 4.79. The van der Waals surface area contributed by atoms with Crippen molar-refractivity contribution in [3.63, 3.8) is 0 Å². The van der Waals surface area contributed by atoms with Gasteiger partial charge in [0.25, 0.3) is 5.91 Å². The average molecular weight is 396 g/mol. The Morgan fingerprint density at radius 1 is 1.41 bits per heavy atom. The Morgan fingerprint density at radius 2 is 2.15 bits per heavy atom. The van der Waals surface area contributed by atoms with Gasteiger partial charge >= 0.3 is 10.2 Å². The van der Waals surface area contributed by atoms with Crippen molar-refractivity contribution in [1.82, 2.24) is 9.71 Å². The quantitative estimate of drug-likeness (QED) is 0.690. The molecule has 0 radical (unpaired) electrons. The van der Waals surface area contributed by atoms with Gasteiger partial charge in [-0.15, -0.1) is 0 Å². The van der Waals surface area contributed by atoms with Gasteiger partial charge in [-0.1, -0.05) is 6.07 Å². The van der Waals surface area contributed by atoms with Crippen LogP contribution in [0.5, 0.6) is 11.6 Å². The zero-order valence-corrected chi connectivity index (χ0v) is 15.3. The van der Waals surface area contributed by atoms with Crippen LogP contribution in [-0.2, 0) is 21.5 Å². The molecule has 1 aromatic heterocycles. The first-order chi connectivity index (χ1) is 12.7. The van der Waals surface area contributed by atoms with Crippen LogP contribution in [0.25, 0.3) is 0 Å². The Balaban J connectivity index is 1.84. The number of nitrogens with one attached hydrogen (secondary N) is 2. The van der Waals surface area contributed by atoms with E-state index in [0.717, 1.165) is 11.6 Å². The summed E-state index contributed by atoms with van der Waals surface area (Å²) < 4.78 is 45.5. The molecule has 1 aliphatic rings. The normalized spacial score (nSPS) is 15.5. The highest BCUT2D eigenvalue weighted by Crippen LogP contribution is 2.34. The largest absolute Gasteiger partial charge is 0.506 e. The second-order valence-electron chi connectivity index (χ2n) is 5.85. The van der Waals surface area contributed by atoms with E-state index in [1.807, 2.05) is 6.92 Å². The molecule has 0 spiro atoms. The minimum atomic E-state index is -4.22. The molecule has 1 amide bonds. The molecule has 2 heterocycles. The molecule has 0 bridgehead atoms. The lowest BCUT2D eigenvalue weighted by molar-refractivity contribution is -0.117. The third kappa shape index (κ3) is 3.72. The Hall–Kier alpha value is -3.08. The van der Waals surface area contributed by atoms with Crippen molar-refractivity contribution in [2.45, 2.75) is 13.5 Å². The summed E-state index contributed by atoms with van der Waals surface area (Å²) in [6.45, 7) is 1.35. The molecule has 1 aromatic carbocycles. The summed E-state index contributed by atoms with van der Waals surface area (Å²) >= 11 is 0. The lowest BCUT2D eigenvalue weighted by atomic mass is 10.1. The van der Waals surface area contributed by atoms with Crippen LogP contribution in [0.4, 0.5) is 15.9 Å². The van der Waals surface area contributed by atoms with Crippen molar-refractivity contribution < 1.29 is 27.4 Å². The fraction of sp³-hybridized carbons (Fsp3) is 0.250. The van der Waals surface area contributed by atoms with Gasteiger partial charge in [-0.05, 0) is 30.2 Å². The number of aromatic hydroxyl groups is 1. The number of aryl methyl sites for hydroxylation is 1. The van der Waals surface area contributed by atoms with Gasteiger partial charge in [0, 0.05) is 12.6 Å². The first-order valence-electron chi connectivity index (χ1n) is 7.81. The van der Waals surface area contributed by atoms with Crippen LogP contribution >= 0.6 is 0 Å². The summed E-state index contributed by atoms with van der Waals surface area (Å²) in [5.41, 5.74) is 0.617. The maximum Gasteiger partial charge on any atom is 0.326 e. The summed E-state index contributed by atoms with van der Waals surface area (Å²) in [4.78, 5) is 15.5. The highest BCUT2D eigenvalue weighted by Gasteiger charge is 2.37. The summed E-state index contributed by atoms with van der Waals surface area (Å²) in [6.07, 6.45) is 0. The van der Waals surface area contributed by atoms with Crippen LogP contribution in [0.2, 0.25) is 0 Å². The predicted molar refractivity (Wildman–Crippen MR) is 95.3 cm³/mol. The number of amides is 1. The molecule has 0 atom stereocenters. The van der Waals surface area contributed by atoms with Crippen LogP contribution in [0.1, 0.15) is 11.1 Å². The van der Waals surface area contributed by atoms with Crippen molar-refractivity contribution >= 4 is 27.6 Å². The number of pyridine rings is 1. The van der Waals surface area contributed by atoms with Crippen molar-refractivity contribution in [2.75, 3.05) is 23.3 Å². The van der Waals surface area contributed by atoms with E-state index in [1.54, 1.807) is 16.9 Å². The first kappa shape index (κ1) is 18.7. The topological polar surface area (TPSA) is 121 Å². The number of halogens is 1. The van der Waals surface area contributed by atoms with Gasteiger partial charge in [0.2, 0.25) is 5.88 Å². The molecule has 1 saturated heterocycles. The zero-order chi connectivity index (χ0) is 19.8. The summed E-state index contributed by atoms with van der Waals surface area (Å²) in [5.74, 6) is -1.44.